The van der Waals surface area contributed by atoms with Crippen LogP contribution in [0.15, 0.2) is 121 Å². The van der Waals surface area contributed by atoms with Crippen LogP contribution in [0.5, 0.6) is 0 Å². The van der Waals surface area contributed by atoms with Crippen molar-refractivity contribution in [1.82, 2.24) is 4.98 Å². The van der Waals surface area contributed by atoms with E-state index in [0.29, 0.717) is 0 Å². The maximum Gasteiger partial charge on any atom is 0.514 e. The van der Waals surface area contributed by atoms with E-state index in [2.05, 4.69) is 137 Å². The molecule has 0 radical (unpaired) electrons. The largest absolute Gasteiger partial charge is 0.514 e. The van der Waals surface area contributed by atoms with Gasteiger partial charge in [-0.25, -0.2) is 0 Å². The molecule has 1 aliphatic rings. The van der Waals surface area contributed by atoms with E-state index in [4.69, 9.17) is 14.3 Å². The van der Waals surface area contributed by atoms with Crippen molar-refractivity contribution in [1.29, 1.82) is 0 Å². The molecule has 0 amide bonds. The van der Waals surface area contributed by atoms with Crippen LogP contribution in [0.4, 0.5) is 0 Å². The standard InChI is InChI=1S/C37H32BNO2/c1-36(2)37(3,4)41-38(40-36)33-23-22-28(24-39-33)35-31-16-10-8-14-29(31)34(30-15-9-11-17-32(30)35)27-20-18-26(19-21-27)25-12-6-5-7-13-25/h5-24H,1-4H3. The van der Waals surface area contributed by atoms with Gasteiger partial charge in [0.25, 0.3) is 0 Å². The highest BCUT2D eigenvalue weighted by Crippen LogP contribution is 2.43. The molecule has 41 heavy (non-hydrogen) atoms. The number of hydrogen-bond acceptors (Lipinski definition) is 3. The molecule has 1 fully saturated rings. The number of aromatic nitrogens is 1. The molecule has 0 bridgehead atoms. The van der Waals surface area contributed by atoms with Crippen LogP contribution in [0.25, 0.3) is 54.9 Å². The molecule has 200 valence electrons. The van der Waals surface area contributed by atoms with Crippen molar-refractivity contribution < 1.29 is 9.31 Å². The first-order chi connectivity index (χ1) is 19.8. The van der Waals surface area contributed by atoms with Crippen molar-refractivity contribution in [3.05, 3.63) is 121 Å². The van der Waals surface area contributed by atoms with Crippen molar-refractivity contribution in [2.24, 2.45) is 0 Å². The monoisotopic (exact) mass is 533 g/mol. The third-order valence-corrected chi connectivity index (χ3v) is 8.78. The summed E-state index contributed by atoms with van der Waals surface area (Å²) < 4.78 is 12.5. The Hall–Kier alpha value is -4.25. The van der Waals surface area contributed by atoms with Crippen molar-refractivity contribution in [3.8, 4) is 33.4 Å². The lowest BCUT2D eigenvalue weighted by Gasteiger charge is -2.32. The van der Waals surface area contributed by atoms with Crippen LogP contribution in [0.1, 0.15) is 27.7 Å². The Balaban J connectivity index is 1.36. The van der Waals surface area contributed by atoms with Crippen LogP contribution < -0.4 is 5.59 Å². The van der Waals surface area contributed by atoms with Gasteiger partial charge in [-0.15, -0.1) is 0 Å². The molecule has 0 saturated carbocycles. The fourth-order valence-electron chi connectivity index (χ4n) is 5.87. The van der Waals surface area contributed by atoms with Crippen molar-refractivity contribution in [2.45, 2.75) is 38.9 Å². The van der Waals surface area contributed by atoms with E-state index in [1.54, 1.807) is 0 Å². The lowest BCUT2D eigenvalue weighted by atomic mass is 9.83. The molecular formula is C37H32BNO2. The number of rotatable bonds is 4. The Kier molecular flexibility index (Phi) is 6.08. The SMILES string of the molecule is CC1(C)OB(c2ccc(-c3c4ccccc4c(-c4ccc(-c5ccccc5)cc4)c4ccccc34)cn2)OC1(C)C. The quantitative estimate of drug-likeness (QED) is 0.168. The molecule has 6 aromatic rings. The fraction of sp³-hybridized carbons (Fsp3) is 0.162. The number of nitrogens with zero attached hydrogens (tertiary/aromatic N) is 1. The molecule has 1 saturated heterocycles. The maximum absolute atomic E-state index is 6.25. The summed E-state index contributed by atoms with van der Waals surface area (Å²) in [5.74, 6) is 0. The van der Waals surface area contributed by atoms with Crippen LogP contribution in [-0.4, -0.2) is 23.3 Å². The van der Waals surface area contributed by atoms with Gasteiger partial charge in [0.1, 0.15) is 0 Å². The predicted octanol–water partition coefficient (Wildman–Crippen LogP) is 8.69. The average molecular weight is 533 g/mol. The van der Waals surface area contributed by atoms with Gasteiger partial charge in [0.15, 0.2) is 0 Å². The minimum atomic E-state index is -0.483. The van der Waals surface area contributed by atoms with E-state index in [-0.39, 0.29) is 0 Å². The summed E-state index contributed by atoms with van der Waals surface area (Å²) in [7, 11) is -0.483. The van der Waals surface area contributed by atoms with Gasteiger partial charge >= 0.3 is 7.12 Å². The van der Waals surface area contributed by atoms with Crippen molar-refractivity contribution in [3.63, 3.8) is 0 Å². The van der Waals surface area contributed by atoms with Crippen LogP contribution in [0.2, 0.25) is 0 Å². The normalized spacial score (nSPS) is 16.0. The molecule has 1 aromatic heterocycles. The summed E-state index contributed by atoms with van der Waals surface area (Å²) in [6.07, 6.45) is 1.96. The molecular weight excluding hydrogens is 501 g/mol. The Labute approximate surface area is 241 Å². The molecule has 0 unspecified atom stereocenters. The van der Waals surface area contributed by atoms with Gasteiger partial charge < -0.3 is 9.31 Å². The first kappa shape index (κ1) is 25.7. The molecule has 3 nitrogen and oxygen atoms in total. The molecule has 0 spiro atoms. The third kappa shape index (κ3) is 4.35. The van der Waals surface area contributed by atoms with Crippen LogP contribution in [0, 0.1) is 0 Å². The van der Waals surface area contributed by atoms with E-state index in [9.17, 15) is 0 Å². The average Bonchev–Trinajstić information content (AvgIpc) is 3.22. The summed E-state index contributed by atoms with van der Waals surface area (Å²) in [6, 6.07) is 41.1. The number of benzene rings is 5. The minimum Gasteiger partial charge on any atom is -0.398 e. The van der Waals surface area contributed by atoms with Gasteiger partial charge in [0.05, 0.1) is 16.8 Å². The van der Waals surface area contributed by atoms with Gasteiger partial charge in [-0.3, -0.25) is 4.98 Å². The molecule has 0 N–H and O–H groups in total. The van der Waals surface area contributed by atoms with Gasteiger partial charge in [0.2, 0.25) is 0 Å². The van der Waals surface area contributed by atoms with Gasteiger partial charge in [-0.1, -0.05) is 109 Å². The summed E-state index contributed by atoms with van der Waals surface area (Å²) in [4.78, 5) is 4.85. The molecule has 4 heteroatoms. The Morgan fingerprint density at radius 3 is 1.37 bits per heavy atom. The highest BCUT2D eigenvalue weighted by Gasteiger charge is 2.52. The van der Waals surface area contributed by atoms with Gasteiger partial charge in [0, 0.05) is 11.8 Å². The second kappa shape index (κ2) is 9.69. The van der Waals surface area contributed by atoms with E-state index in [1.807, 2.05) is 12.3 Å². The Morgan fingerprint density at radius 1 is 0.463 bits per heavy atom. The fourth-order valence-corrected chi connectivity index (χ4v) is 5.87. The maximum atomic E-state index is 6.25. The lowest BCUT2D eigenvalue weighted by molar-refractivity contribution is 0.00578. The van der Waals surface area contributed by atoms with Crippen LogP contribution in [0.3, 0.4) is 0 Å². The van der Waals surface area contributed by atoms with Crippen LogP contribution in [-0.2, 0) is 9.31 Å². The first-order valence-corrected chi connectivity index (χ1v) is 14.2. The zero-order valence-electron chi connectivity index (χ0n) is 23.9. The van der Waals surface area contributed by atoms with Gasteiger partial charge in [-0.2, -0.15) is 0 Å². The first-order valence-electron chi connectivity index (χ1n) is 14.2. The predicted molar refractivity (Wildman–Crippen MR) is 171 cm³/mol. The second-order valence-electron chi connectivity index (χ2n) is 11.8. The third-order valence-electron chi connectivity index (χ3n) is 8.78. The van der Waals surface area contributed by atoms with E-state index in [0.717, 1.165) is 11.2 Å². The zero-order valence-corrected chi connectivity index (χ0v) is 23.9. The van der Waals surface area contributed by atoms with E-state index in [1.165, 1.54) is 49.4 Å². The molecule has 5 aromatic carbocycles. The summed E-state index contributed by atoms with van der Waals surface area (Å²) in [5.41, 5.74) is 7.14. The second-order valence-corrected chi connectivity index (χ2v) is 11.8. The number of hydrogen-bond donors (Lipinski definition) is 0. The summed E-state index contributed by atoms with van der Waals surface area (Å²) in [5, 5.41) is 4.87. The van der Waals surface area contributed by atoms with E-state index >= 15 is 0 Å². The molecule has 7 rings (SSSR count). The van der Waals surface area contributed by atoms with E-state index < -0.39 is 18.3 Å². The Bertz CT molecular complexity index is 1800. The molecule has 0 aliphatic carbocycles. The number of fused-ring (bicyclic) bond motifs is 2. The van der Waals surface area contributed by atoms with Crippen molar-refractivity contribution >= 4 is 34.3 Å². The molecule has 0 atom stereocenters. The summed E-state index contributed by atoms with van der Waals surface area (Å²) in [6.45, 7) is 8.26. The van der Waals surface area contributed by atoms with Crippen molar-refractivity contribution in [2.75, 3.05) is 0 Å². The summed E-state index contributed by atoms with van der Waals surface area (Å²) >= 11 is 0. The zero-order chi connectivity index (χ0) is 28.2. The minimum absolute atomic E-state index is 0.403. The number of pyridine rings is 1. The highest BCUT2D eigenvalue weighted by molar-refractivity contribution is 6.61. The van der Waals surface area contributed by atoms with Gasteiger partial charge in [-0.05, 0) is 83.1 Å². The lowest BCUT2D eigenvalue weighted by Crippen LogP contribution is -2.41. The Morgan fingerprint density at radius 2 is 0.878 bits per heavy atom. The molecule has 2 heterocycles. The smallest absolute Gasteiger partial charge is 0.398 e. The highest BCUT2D eigenvalue weighted by atomic mass is 16.7. The topological polar surface area (TPSA) is 31.4 Å². The molecule has 1 aliphatic heterocycles. The van der Waals surface area contributed by atoms with Crippen LogP contribution >= 0.6 is 0 Å².